The molecular formula is C20H24N2O5S. The van der Waals surface area contributed by atoms with Crippen molar-refractivity contribution in [2.45, 2.75) is 31.1 Å². The molecule has 0 saturated heterocycles. The van der Waals surface area contributed by atoms with Gasteiger partial charge in [0.05, 0.1) is 12.0 Å². The van der Waals surface area contributed by atoms with Crippen molar-refractivity contribution < 1.29 is 22.7 Å². The third-order valence-corrected chi connectivity index (χ3v) is 5.79. The summed E-state index contributed by atoms with van der Waals surface area (Å²) in [6, 6.07) is 12.7. The average Bonchev–Trinajstić information content (AvgIpc) is 2.71. The monoisotopic (exact) mass is 404 g/mol. The van der Waals surface area contributed by atoms with E-state index in [1.165, 1.54) is 31.4 Å². The Morgan fingerprint density at radius 1 is 1.04 bits per heavy atom. The summed E-state index contributed by atoms with van der Waals surface area (Å²) < 4.78 is 32.0. The molecule has 0 aliphatic rings. The Balaban J connectivity index is 2.06. The molecular weight excluding hydrogens is 380 g/mol. The molecule has 0 aliphatic carbocycles. The van der Waals surface area contributed by atoms with E-state index >= 15 is 0 Å². The lowest BCUT2D eigenvalue weighted by Gasteiger charge is -2.12. The summed E-state index contributed by atoms with van der Waals surface area (Å²) in [4.78, 5) is 23.2. The number of sulfonamides is 1. The van der Waals surface area contributed by atoms with Gasteiger partial charge in [0.1, 0.15) is 6.54 Å². The molecule has 8 heteroatoms. The molecule has 0 aliphatic heterocycles. The van der Waals surface area contributed by atoms with Crippen molar-refractivity contribution in [1.29, 1.82) is 0 Å². The van der Waals surface area contributed by atoms with E-state index < -0.39 is 21.9 Å². The second kappa shape index (κ2) is 9.36. The lowest BCUT2D eigenvalue weighted by molar-refractivity contribution is -0.139. The molecule has 0 bridgehead atoms. The number of methoxy groups -OCH3 is 1. The maximum absolute atomic E-state index is 12.5. The van der Waals surface area contributed by atoms with Gasteiger partial charge in [0.15, 0.2) is 0 Å². The number of amides is 1. The summed E-state index contributed by atoms with van der Waals surface area (Å²) in [7, 11) is -2.50. The van der Waals surface area contributed by atoms with Crippen LogP contribution < -0.4 is 10.0 Å². The fraction of sp³-hybridized carbons (Fsp3) is 0.300. The fourth-order valence-corrected chi connectivity index (χ4v) is 3.50. The third kappa shape index (κ3) is 5.56. The van der Waals surface area contributed by atoms with Gasteiger partial charge in [-0.2, -0.15) is 0 Å². The Kier molecular flexibility index (Phi) is 7.17. The molecule has 2 aromatic rings. The van der Waals surface area contributed by atoms with Crippen LogP contribution in [0.4, 0.5) is 5.69 Å². The molecule has 2 N–H and O–H groups in total. The number of esters is 1. The number of hydrogen-bond donors (Lipinski definition) is 2. The average molecular weight is 404 g/mol. The van der Waals surface area contributed by atoms with Crippen LogP contribution in [0.2, 0.25) is 0 Å². The van der Waals surface area contributed by atoms with Crippen molar-refractivity contribution in [3.8, 4) is 0 Å². The Hall–Kier alpha value is -2.87. The molecule has 2 aromatic carbocycles. The van der Waals surface area contributed by atoms with E-state index in [1.807, 2.05) is 12.1 Å². The molecule has 28 heavy (non-hydrogen) atoms. The first-order valence-corrected chi connectivity index (χ1v) is 10.3. The van der Waals surface area contributed by atoms with Crippen molar-refractivity contribution in [3.05, 3.63) is 59.7 Å². The lowest BCUT2D eigenvalue weighted by Crippen LogP contribution is -2.30. The van der Waals surface area contributed by atoms with Gasteiger partial charge in [0.25, 0.3) is 15.9 Å². The minimum absolute atomic E-state index is 0.166. The molecule has 1 atom stereocenters. The summed E-state index contributed by atoms with van der Waals surface area (Å²) in [6.45, 7) is 3.93. The molecule has 0 aromatic heterocycles. The molecule has 0 radical (unpaired) electrons. The topological polar surface area (TPSA) is 102 Å². The number of rotatable bonds is 8. The predicted molar refractivity (Wildman–Crippen MR) is 107 cm³/mol. The maximum Gasteiger partial charge on any atom is 0.325 e. The summed E-state index contributed by atoms with van der Waals surface area (Å²) in [5.41, 5.74) is 1.71. The van der Waals surface area contributed by atoms with Crippen LogP contribution in [0, 0.1) is 0 Å². The van der Waals surface area contributed by atoms with Gasteiger partial charge in [-0.25, -0.2) is 8.42 Å². The molecule has 7 nitrogen and oxygen atoms in total. The van der Waals surface area contributed by atoms with Gasteiger partial charge in [0, 0.05) is 11.3 Å². The number of anilines is 1. The number of hydrogen-bond acceptors (Lipinski definition) is 5. The van der Waals surface area contributed by atoms with Crippen molar-refractivity contribution in [3.63, 3.8) is 0 Å². The smallest absolute Gasteiger partial charge is 0.325 e. The fourth-order valence-electron chi connectivity index (χ4n) is 2.44. The highest BCUT2D eigenvalue weighted by molar-refractivity contribution is 7.92. The predicted octanol–water partition coefficient (Wildman–Crippen LogP) is 2.90. The van der Waals surface area contributed by atoms with Crippen LogP contribution in [0.3, 0.4) is 0 Å². The quantitative estimate of drug-likeness (QED) is 0.659. The van der Waals surface area contributed by atoms with Gasteiger partial charge >= 0.3 is 5.97 Å². The van der Waals surface area contributed by atoms with E-state index in [0.717, 1.165) is 12.0 Å². The number of carbonyl (C=O) groups excluding carboxylic acids is 2. The van der Waals surface area contributed by atoms with Gasteiger partial charge in [-0.05, 0) is 54.3 Å². The number of benzene rings is 2. The van der Waals surface area contributed by atoms with E-state index in [0.29, 0.717) is 17.2 Å². The maximum atomic E-state index is 12.5. The van der Waals surface area contributed by atoms with Crippen molar-refractivity contribution >= 4 is 27.6 Å². The van der Waals surface area contributed by atoms with E-state index in [-0.39, 0.29) is 11.4 Å². The van der Waals surface area contributed by atoms with E-state index in [2.05, 4.69) is 28.6 Å². The molecule has 1 amide bonds. The molecule has 0 fully saturated rings. The largest absolute Gasteiger partial charge is 0.468 e. The van der Waals surface area contributed by atoms with Crippen LogP contribution in [0.25, 0.3) is 0 Å². The van der Waals surface area contributed by atoms with Crippen LogP contribution in [-0.4, -0.2) is 33.9 Å². The summed E-state index contributed by atoms with van der Waals surface area (Å²) in [5, 5.41) is 2.41. The first kappa shape index (κ1) is 21.4. The number of nitrogens with one attached hydrogen (secondary N) is 2. The Morgan fingerprint density at radius 2 is 1.64 bits per heavy atom. The highest BCUT2D eigenvalue weighted by atomic mass is 32.2. The normalized spacial score (nSPS) is 12.1. The van der Waals surface area contributed by atoms with Crippen LogP contribution in [0.1, 0.15) is 42.1 Å². The minimum atomic E-state index is -3.73. The SMILES string of the molecule is CC[C@H](C)c1ccc(S(=O)(=O)Nc2ccc(C(=O)NCC(=O)OC)cc2)cc1. The van der Waals surface area contributed by atoms with Gasteiger partial charge in [-0.1, -0.05) is 26.0 Å². The molecule has 0 unspecified atom stereocenters. The van der Waals surface area contributed by atoms with Crippen molar-refractivity contribution in [1.82, 2.24) is 5.32 Å². The molecule has 150 valence electrons. The highest BCUT2D eigenvalue weighted by Gasteiger charge is 2.15. The molecule has 0 saturated carbocycles. The van der Waals surface area contributed by atoms with Gasteiger partial charge in [-0.15, -0.1) is 0 Å². The van der Waals surface area contributed by atoms with E-state index in [4.69, 9.17) is 0 Å². The minimum Gasteiger partial charge on any atom is -0.468 e. The van der Waals surface area contributed by atoms with Crippen molar-refractivity contribution in [2.24, 2.45) is 0 Å². The summed E-state index contributed by atoms with van der Waals surface area (Å²) >= 11 is 0. The Morgan fingerprint density at radius 3 is 2.18 bits per heavy atom. The molecule has 2 rings (SSSR count). The standard InChI is InChI=1S/C20H24N2O5S/c1-4-14(2)15-7-11-18(12-8-15)28(25,26)22-17-9-5-16(6-10-17)20(24)21-13-19(23)27-3/h5-12,14,22H,4,13H2,1-3H3,(H,21,24)/t14-/m0/s1. The van der Waals surface area contributed by atoms with Gasteiger partial charge in [-0.3, -0.25) is 14.3 Å². The molecule has 0 heterocycles. The molecule has 0 spiro atoms. The Labute approximate surface area is 165 Å². The summed E-state index contributed by atoms with van der Waals surface area (Å²) in [5.74, 6) is -0.653. The first-order chi connectivity index (χ1) is 13.3. The summed E-state index contributed by atoms with van der Waals surface area (Å²) in [6.07, 6.45) is 0.976. The number of carbonyl (C=O) groups is 2. The zero-order valence-electron chi connectivity index (χ0n) is 16.1. The zero-order valence-corrected chi connectivity index (χ0v) is 16.9. The second-order valence-corrected chi connectivity index (χ2v) is 8.00. The number of ether oxygens (including phenoxy) is 1. The van der Waals surface area contributed by atoms with Crippen LogP contribution in [0.5, 0.6) is 0 Å². The van der Waals surface area contributed by atoms with Crippen LogP contribution in [-0.2, 0) is 19.6 Å². The first-order valence-electron chi connectivity index (χ1n) is 8.84. The van der Waals surface area contributed by atoms with E-state index in [1.54, 1.807) is 12.1 Å². The van der Waals surface area contributed by atoms with Gasteiger partial charge in [0.2, 0.25) is 0 Å². The van der Waals surface area contributed by atoms with Crippen molar-refractivity contribution in [2.75, 3.05) is 18.4 Å². The lowest BCUT2D eigenvalue weighted by atomic mass is 9.99. The van der Waals surface area contributed by atoms with Crippen LogP contribution >= 0.6 is 0 Å². The Bertz CT molecular complexity index is 922. The third-order valence-electron chi connectivity index (χ3n) is 4.39. The van der Waals surface area contributed by atoms with E-state index in [9.17, 15) is 18.0 Å². The second-order valence-electron chi connectivity index (χ2n) is 6.32. The van der Waals surface area contributed by atoms with Gasteiger partial charge < -0.3 is 10.1 Å². The highest BCUT2D eigenvalue weighted by Crippen LogP contribution is 2.22. The zero-order chi connectivity index (χ0) is 20.7. The van der Waals surface area contributed by atoms with Crippen LogP contribution in [0.15, 0.2) is 53.4 Å².